The summed E-state index contributed by atoms with van der Waals surface area (Å²) in [7, 11) is 0. The highest BCUT2D eigenvalue weighted by Gasteiger charge is 2.25. The molecule has 0 saturated carbocycles. The van der Waals surface area contributed by atoms with E-state index in [1.54, 1.807) is 30.5 Å². The summed E-state index contributed by atoms with van der Waals surface area (Å²) in [5, 5.41) is 1.45. The number of fused-ring (bicyclic) bond motifs is 2. The third kappa shape index (κ3) is 4.90. The second-order valence-corrected chi connectivity index (χ2v) is 9.13. The van der Waals surface area contributed by atoms with Crippen molar-refractivity contribution in [3.63, 3.8) is 0 Å². The van der Waals surface area contributed by atoms with Gasteiger partial charge in [-0.1, -0.05) is 37.6 Å². The average Bonchev–Trinajstić information content (AvgIpc) is 3.28. The third-order valence-electron chi connectivity index (χ3n) is 6.53. The fourth-order valence-corrected chi connectivity index (χ4v) is 4.59. The van der Waals surface area contributed by atoms with Crippen LogP contribution in [0.5, 0.6) is 11.5 Å². The van der Waals surface area contributed by atoms with Crippen molar-refractivity contribution in [1.29, 1.82) is 0 Å². The molecule has 36 heavy (non-hydrogen) atoms. The maximum atomic E-state index is 13.6. The van der Waals surface area contributed by atoms with Gasteiger partial charge in [0.15, 0.2) is 5.76 Å². The van der Waals surface area contributed by atoms with Crippen molar-refractivity contribution < 1.29 is 18.7 Å². The maximum absolute atomic E-state index is 13.6. The van der Waals surface area contributed by atoms with E-state index >= 15 is 0 Å². The van der Waals surface area contributed by atoms with Gasteiger partial charge in [0, 0.05) is 34.1 Å². The number of ether oxygens (including phenoxy) is 2. The molecule has 0 unspecified atom stereocenters. The third-order valence-corrected chi connectivity index (χ3v) is 6.78. The second-order valence-electron chi connectivity index (χ2n) is 8.69. The Morgan fingerprint density at radius 2 is 1.78 bits per heavy atom. The molecule has 0 aliphatic carbocycles. The molecular formula is C30H28ClNO4. The lowest BCUT2D eigenvalue weighted by molar-refractivity contribution is 0.101. The summed E-state index contributed by atoms with van der Waals surface area (Å²) in [5.41, 5.74) is 3.81. The van der Waals surface area contributed by atoms with Gasteiger partial charge in [-0.25, -0.2) is 0 Å². The van der Waals surface area contributed by atoms with Gasteiger partial charge in [-0.2, -0.15) is 0 Å². The van der Waals surface area contributed by atoms with Crippen LogP contribution in [0.2, 0.25) is 5.02 Å². The Labute approximate surface area is 215 Å². The normalized spacial score (nSPS) is 12.6. The fourth-order valence-electron chi connectivity index (χ4n) is 4.46. The monoisotopic (exact) mass is 501 g/mol. The van der Waals surface area contributed by atoms with Crippen LogP contribution in [0.25, 0.3) is 22.1 Å². The number of furan rings is 1. The maximum Gasteiger partial charge on any atom is 0.228 e. The molecule has 3 aromatic carbocycles. The topological polar surface area (TPSA) is 51.9 Å². The van der Waals surface area contributed by atoms with E-state index in [-0.39, 0.29) is 11.5 Å². The molecule has 6 heteroatoms. The van der Waals surface area contributed by atoms with E-state index in [0.29, 0.717) is 22.8 Å². The number of allylic oxidation sites excluding steroid dienone is 1. The average molecular weight is 502 g/mol. The first kappa shape index (κ1) is 24.2. The zero-order chi connectivity index (χ0) is 25.1. The van der Waals surface area contributed by atoms with Crippen LogP contribution < -0.4 is 9.47 Å². The van der Waals surface area contributed by atoms with Crippen LogP contribution in [0.1, 0.15) is 35.5 Å². The van der Waals surface area contributed by atoms with Crippen LogP contribution in [-0.4, -0.2) is 36.9 Å². The molecule has 0 bridgehead atoms. The van der Waals surface area contributed by atoms with Crippen LogP contribution in [0.15, 0.2) is 77.4 Å². The molecule has 0 spiro atoms. The largest absolute Gasteiger partial charge is 0.492 e. The van der Waals surface area contributed by atoms with Crippen molar-refractivity contribution in [2.75, 3.05) is 26.2 Å². The van der Waals surface area contributed by atoms with Gasteiger partial charge in [-0.05, 0) is 79.2 Å². The van der Waals surface area contributed by atoms with E-state index in [9.17, 15) is 4.79 Å². The van der Waals surface area contributed by atoms with Crippen LogP contribution in [-0.2, 0) is 6.42 Å². The predicted molar refractivity (Wildman–Crippen MR) is 143 cm³/mol. The van der Waals surface area contributed by atoms with Crippen LogP contribution in [0.4, 0.5) is 0 Å². The lowest BCUT2D eigenvalue weighted by Gasteiger charge is -2.18. The Morgan fingerprint density at radius 1 is 1.03 bits per heavy atom. The highest BCUT2D eigenvalue weighted by Crippen LogP contribution is 2.40. The zero-order valence-electron chi connectivity index (χ0n) is 20.4. The molecule has 0 atom stereocenters. The van der Waals surface area contributed by atoms with Crippen molar-refractivity contribution in [1.82, 2.24) is 4.90 Å². The van der Waals surface area contributed by atoms with Crippen molar-refractivity contribution in [2.24, 2.45) is 0 Å². The lowest BCUT2D eigenvalue weighted by Crippen LogP contribution is -2.27. The zero-order valence-corrected chi connectivity index (χ0v) is 21.2. The molecule has 0 N–H and O–H groups in total. The summed E-state index contributed by atoms with van der Waals surface area (Å²) in [6.45, 7) is 7.80. The van der Waals surface area contributed by atoms with Crippen molar-refractivity contribution in [3.05, 3.63) is 94.9 Å². The number of ketones is 1. The summed E-state index contributed by atoms with van der Waals surface area (Å²) in [5.74, 6) is 1.63. The number of likely N-dealkylation sites (N-methyl/N-ethyl adjacent to an activating group) is 1. The quantitative estimate of drug-likeness (QED) is 0.228. The van der Waals surface area contributed by atoms with E-state index in [2.05, 4.69) is 24.8 Å². The summed E-state index contributed by atoms with van der Waals surface area (Å²) in [4.78, 5) is 15.9. The van der Waals surface area contributed by atoms with E-state index in [4.69, 9.17) is 25.5 Å². The Kier molecular flexibility index (Phi) is 7.12. The Bertz CT molecular complexity index is 1400. The van der Waals surface area contributed by atoms with E-state index in [1.165, 1.54) is 0 Å². The van der Waals surface area contributed by atoms with Gasteiger partial charge in [0.05, 0.1) is 6.26 Å². The molecule has 1 aliphatic heterocycles. The molecule has 1 aromatic heterocycles. The summed E-state index contributed by atoms with van der Waals surface area (Å²) in [6.07, 6.45) is 4.41. The summed E-state index contributed by atoms with van der Waals surface area (Å²) in [6, 6.07) is 18.6. The highest BCUT2D eigenvalue weighted by atomic mass is 35.5. The van der Waals surface area contributed by atoms with Crippen molar-refractivity contribution in [2.45, 2.75) is 20.3 Å². The molecule has 4 aromatic rings. The summed E-state index contributed by atoms with van der Waals surface area (Å²) < 4.78 is 17.8. The fraction of sp³-hybridized carbons (Fsp3) is 0.233. The molecule has 0 saturated heterocycles. The summed E-state index contributed by atoms with van der Waals surface area (Å²) >= 11 is 6.04. The van der Waals surface area contributed by atoms with Gasteiger partial charge in [0.1, 0.15) is 23.7 Å². The first-order chi connectivity index (χ1) is 17.6. The minimum absolute atomic E-state index is 0.200. The number of halogens is 1. The second kappa shape index (κ2) is 10.6. The Balaban J connectivity index is 1.52. The van der Waals surface area contributed by atoms with Gasteiger partial charge in [0.2, 0.25) is 5.78 Å². The van der Waals surface area contributed by atoms with Gasteiger partial charge >= 0.3 is 0 Å². The van der Waals surface area contributed by atoms with Crippen LogP contribution in [0.3, 0.4) is 0 Å². The van der Waals surface area contributed by atoms with E-state index in [1.807, 2.05) is 36.4 Å². The first-order valence-electron chi connectivity index (χ1n) is 12.2. The number of carbonyl (C=O) groups is 1. The lowest BCUT2D eigenvalue weighted by atomic mass is 9.96. The standard InChI is InChI=1S/C30H28ClNO4/c1-3-32(4-2)15-17-34-24-13-9-20(10-14-24)28-25-18-22-6-5-16-35-26(22)19-27(25)36-30(28)29(33)21-7-11-23(31)12-8-21/h5,7-14,16,18-19H,3-4,6,15,17H2,1-2H3. The van der Waals surface area contributed by atoms with Crippen molar-refractivity contribution in [3.8, 4) is 22.6 Å². The number of hydrogen-bond acceptors (Lipinski definition) is 5. The number of carbonyl (C=O) groups excluding carboxylic acids is 1. The molecule has 0 radical (unpaired) electrons. The smallest absolute Gasteiger partial charge is 0.228 e. The van der Waals surface area contributed by atoms with Gasteiger partial charge in [-0.15, -0.1) is 0 Å². The minimum atomic E-state index is -0.200. The number of hydrogen-bond donors (Lipinski definition) is 0. The van der Waals surface area contributed by atoms with Crippen molar-refractivity contribution >= 4 is 28.4 Å². The number of rotatable bonds is 9. The van der Waals surface area contributed by atoms with Crippen LogP contribution in [0, 0.1) is 0 Å². The van der Waals surface area contributed by atoms with E-state index in [0.717, 1.165) is 59.6 Å². The van der Waals surface area contributed by atoms with E-state index < -0.39 is 0 Å². The van der Waals surface area contributed by atoms with Crippen LogP contribution >= 0.6 is 11.6 Å². The first-order valence-corrected chi connectivity index (χ1v) is 12.6. The van der Waals surface area contributed by atoms with Gasteiger partial charge < -0.3 is 18.8 Å². The molecule has 5 nitrogen and oxygen atoms in total. The highest BCUT2D eigenvalue weighted by molar-refractivity contribution is 6.30. The SMILES string of the molecule is CCN(CC)CCOc1ccc(-c2c(C(=O)c3ccc(Cl)cc3)oc3cc4c(cc23)CC=CO4)cc1. The predicted octanol–water partition coefficient (Wildman–Crippen LogP) is 7.15. The molecular weight excluding hydrogens is 474 g/mol. The Hall–Kier alpha value is -3.54. The molecule has 0 amide bonds. The minimum Gasteiger partial charge on any atom is -0.492 e. The molecule has 5 rings (SSSR count). The molecule has 0 fully saturated rings. The molecule has 1 aliphatic rings. The molecule has 2 heterocycles. The van der Waals surface area contributed by atoms with Gasteiger partial charge in [0.25, 0.3) is 0 Å². The Morgan fingerprint density at radius 3 is 2.50 bits per heavy atom. The van der Waals surface area contributed by atoms with Gasteiger partial charge in [-0.3, -0.25) is 4.79 Å². The number of nitrogens with zero attached hydrogens (tertiary/aromatic N) is 1. The molecule has 184 valence electrons. The number of benzene rings is 3.